The lowest BCUT2D eigenvalue weighted by Gasteiger charge is -2.58. The van der Waals surface area contributed by atoms with E-state index in [1.54, 1.807) is 4.90 Å². The van der Waals surface area contributed by atoms with E-state index in [2.05, 4.69) is 52.0 Å². The van der Waals surface area contributed by atoms with Crippen LogP contribution in [0.15, 0.2) is 24.9 Å². The number of aliphatic hydroxyl groups is 1. The second-order valence-corrected chi connectivity index (χ2v) is 15.5. The van der Waals surface area contributed by atoms with Crippen LogP contribution in [0.4, 0.5) is 5.82 Å². The van der Waals surface area contributed by atoms with E-state index < -0.39 is 0 Å². The topological polar surface area (TPSA) is 114 Å². The van der Waals surface area contributed by atoms with Crippen LogP contribution in [-0.2, 0) is 9.59 Å². The molecule has 1 aliphatic carbocycles. The molecule has 1 aromatic carbocycles. The molecule has 5 heterocycles. The number of amides is 2. The molecule has 2 N–H and O–H groups in total. The molecular formula is C34H44Cl2N8O3. The van der Waals surface area contributed by atoms with Crippen molar-refractivity contribution in [1.82, 2.24) is 34.7 Å². The van der Waals surface area contributed by atoms with Crippen molar-refractivity contribution in [3.8, 4) is 11.1 Å². The Morgan fingerprint density at radius 1 is 1.17 bits per heavy atom. The second kappa shape index (κ2) is 12.1. The van der Waals surface area contributed by atoms with Crippen LogP contribution in [0.2, 0.25) is 10.0 Å². The summed E-state index contributed by atoms with van der Waals surface area (Å²) in [5, 5.41) is 23.9. The highest BCUT2D eigenvalue weighted by Crippen LogP contribution is 2.56. The van der Waals surface area contributed by atoms with Gasteiger partial charge in [0.05, 0.1) is 41.0 Å². The Kier molecular flexibility index (Phi) is 8.34. The summed E-state index contributed by atoms with van der Waals surface area (Å²) in [6, 6.07) is 2.05. The van der Waals surface area contributed by atoms with E-state index in [9.17, 15) is 14.7 Å². The number of rotatable bonds is 8. The molecule has 252 valence electrons. The molecule has 1 atom stereocenters. The first-order valence-electron chi connectivity index (χ1n) is 16.6. The number of carbonyl (C=O) groups is 2. The third-order valence-corrected chi connectivity index (χ3v) is 11.8. The number of nitrogens with zero attached hydrogens (tertiary/aromatic N) is 7. The molecule has 0 unspecified atom stereocenters. The van der Waals surface area contributed by atoms with Gasteiger partial charge in [0.25, 0.3) is 0 Å². The molecule has 0 radical (unpaired) electrons. The van der Waals surface area contributed by atoms with Crippen LogP contribution in [0.5, 0.6) is 0 Å². The molecule has 3 aliphatic heterocycles. The number of piperazine rings is 1. The Balaban J connectivity index is 1.18. The van der Waals surface area contributed by atoms with Crippen LogP contribution < -0.4 is 4.90 Å². The third-order valence-electron chi connectivity index (χ3n) is 11.1. The number of benzene rings is 1. The molecule has 11 nitrogen and oxygen atoms in total. The van der Waals surface area contributed by atoms with E-state index in [0.717, 1.165) is 91.9 Å². The van der Waals surface area contributed by atoms with Gasteiger partial charge in [0.2, 0.25) is 11.8 Å². The Hall–Kier alpha value is -3.12. The summed E-state index contributed by atoms with van der Waals surface area (Å²) in [5.41, 5.74) is 3.63. The van der Waals surface area contributed by atoms with Crippen molar-refractivity contribution in [2.75, 3.05) is 63.9 Å². The van der Waals surface area contributed by atoms with Gasteiger partial charge in [-0.1, -0.05) is 29.8 Å². The van der Waals surface area contributed by atoms with Gasteiger partial charge in [-0.3, -0.25) is 24.3 Å². The highest BCUT2D eigenvalue weighted by Gasteiger charge is 2.55. The molecule has 3 aromatic rings. The maximum atomic E-state index is 12.6. The minimum absolute atomic E-state index is 0.000153. The van der Waals surface area contributed by atoms with Crippen molar-refractivity contribution in [3.63, 3.8) is 0 Å². The van der Waals surface area contributed by atoms with E-state index >= 15 is 0 Å². The fourth-order valence-corrected chi connectivity index (χ4v) is 9.21. The van der Waals surface area contributed by atoms with Crippen molar-refractivity contribution in [2.45, 2.75) is 58.0 Å². The van der Waals surface area contributed by atoms with Crippen molar-refractivity contribution >= 4 is 51.7 Å². The minimum Gasteiger partial charge on any atom is -0.395 e. The van der Waals surface area contributed by atoms with Crippen LogP contribution in [0.25, 0.3) is 22.0 Å². The number of carbonyl (C=O) groups excluding carboxylic acids is 2. The van der Waals surface area contributed by atoms with Gasteiger partial charge in [-0.2, -0.15) is 10.2 Å². The van der Waals surface area contributed by atoms with Crippen LogP contribution in [0, 0.1) is 18.3 Å². The van der Waals surface area contributed by atoms with Crippen LogP contribution in [0.1, 0.15) is 51.3 Å². The molecule has 3 saturated heterocycles. The summed E-state index contributed by atoms with van der Waals surface area (Å²) >= 11 is 13.8. The van der Waals surface area contributed by atoms with E-state index in [1.807, 2.05) is 17.2 Å². The average molecular weight is 684 g/mol. The lowest BCUT2D eigenvalue weighted by molar-refractivity contribution is -0.149. The summed E-state index contributed by atoms with van der Waals surface area (Å²) in [6.45, 7) is 15.9. The molecule has 2 aromatic heterocycles. The predicted octanol–water partition coefficient (Wildman–Crippen LogP) is 4.52. The molecule has 47 heavy (non-hydrogen) atoms. The van der Waals surface area contributed by atoms with Gasteiger partial charge in [-0.15, -0.1) is 0 Å². The molecule has 1 spiro atoms. The molecule has 1 saturated carbocycles. The monoisotopic (exact) mass is 682 g/mol. The lowest BCUT2D eigenvalue weighted by Crippen LogP contribution is -2.63. The summed E-state index contributed by atoms with van der Waals surface area (Å²) in [4.78, 5) is 33.1. The fourth-order valence-electron chi connectivity index (χ4n) is 8.75. The van der Waals surface area contributed by atoms with Gasteiger partial charge >= 0.3 is 0 Å². The van der Waals surface area contributed by atoms with Crippen molar-refractivity contribution in [1.29, 1.82) is 0 Å². The molecular weight excluding hydrogens is 639 g/mol. The van der Waals surface area contributed by atoms with E-state index in [4.69, 9.17) is 28.3 Å². The summed E-state index contributed by atoms with van der Waals surface area (Å²) in [7, 11) is 0. The molecule has 13 heteroatoms. The zero-order valence-corrected chi connectivity index (χ0v) is 28.9. The zero-order valence-electron chi connectivity index (χ0n) is 27.4. The minimum atomic E-state index is -0.215. The first-order chi connectivity index (χ1) is 22.4. The summed E-state index contributed by atoms with van der Waals surface area (Å²) in [6.07, 6.45) is 7.07. The number of β-amino-alcohol motifs (C(OH)–C–C–N with tert-alkyl or cyclic N) is 1. The maximum Gasteiger partial charge on any atom is 0.245 e. The van der Waals surface area contributed by atoms with Crippen LogP contribution in [-0.4, -0.2) is 116 Å². The number of piperidine rings is 1. The van der Waals surface area contributed by atoms with Crippen LogP contribution >= 0.6 is 23.2 Å². The Labute approximate surface area is 285 Å². The van der Waals surface area contributed by atoms with Crippen molar-refractivity contribution in [3.05, 3.63) is 40.7 Å². The zero-order chi connectivity index (χ0) is 33.2. The van der Waals surface area contributed by atoms with Crippen LogP contribution in [0.3, 0.4) is 0 Å². The number of nitrogens with one attached hydrogen (secondary N) is 1. The van der Waals surface area contributed by atoms with Gasteiger partial charge in [-0.25, -0.2) is 0 Å². The molecule has 4 aliphatic rings. The first kappa shape index (κ1) is 32.4. The van der Waals surface area contributed by atoms with E-state index in [1.165, 1.54) is 6.08 Å². The number of likely N-dealkylation sites (tertiary alicyclic amines) is 1. The van der Waals surface area contributed by atoms with Gasteiger partial charge < -0.3 is 19.8 Å². The number of hydrogen-bond donors (Lipinski definition) is 2. The van der Waals surface area contributed by atoms with E-state index in [0.29, 0.717) is 35.6 Å². The average Bonchev–Trinajstić information content (AvgIpc) is 3.57. The molecule has 2 amide bonds. The first-order valence-corrected chi connectivity index (χ1v) is 17.4. The quantitative estimate of drug-likeness (QED) is 0.336. The lowest BCUT2D eigenvalue weighted by atomic mass is 9.60. The smallest absolute Gasteiger partial charge is 0.245 e. The Morgan fingerprint density at radius 2 is 1.94 bits per heavy atom. The fraction of sp³-hybridized carbons (Fsp3) is 0.588. The normalized spacial score (nSPS) is 23.0. The standard InChI is InChI=1S/C34H44Cl2N8O3/c1-5-27(46)42-19-34(20-42)14-23(15-34)44-21(2)29(30-24-16-37-38-26(24)12-25(35)31(30)36)32(39-44)43-7-6-22(13-33(43,3)4)17-40-8-9-41(10-11-45)28(47)18-40/h5,12,16,22-23,45H,1,6-11,13-15,17-20H2,2-4H3,(H,37,38)/t22-/m1/s1. The van der Waals surface area contributed by atoms with Gasteiger partial charge in [0, 0.05) is 79.0 Å². The Bertz CT molecular complexity index is 1720. The van der Waals surface area contributed by atoms with Gasteiger partial charge in [0.15, 0.2) is 5.82 Å². The molecule has 4 fully saturated rings. The SMILES string of the molecule is C=CC(=O)N1CC2(CC(n3nc(N4CC[C@@H](CN5CCN(CCO)C(=O)C5)CC4(C)C)c(-c4c(Cl)c(Cl)cc5[nH]ncc45)c3C)C2)C1. The number of fused-ring (bicyclic) bond motifs is 1. The third kappa shape index (κ3) is 5.62. The highest BCUT2D eigenvalue weighted by molar-refractivity contribution is 6.45. The van der Waals surface area contributed by atoms with Gasteiger partial charge in [-0.05, 0) is 64.5 Å². The number of aliphatic hydroxyl groups excluding tert-OH is 1. The predicted molar refractivity (Wildman–Crippen MR) is 184 cm³/mol. The van der Waals surface area contributed by atoms with E-state index in [-0.39, 0.29) is 35.4 Å². The number of hydrogen-bond acceptors (Lipinski definition) is 7. The number of anilines is 1. The van der Waals surface area contributed by atoms with Crippen molar-refractivity contribution in [2.24, 2.45) is 11.3 Å². The molecule has 0 bridgehead atoms. The highest BCUT2D eigenvalue weighted by atomic mass is 35.5. The largest absolute Gasteiger partial charge is 0.395 e. The number of halogens is 2. The van der Waals surface area contributed by atoms with Crippen molar-refractivity contribution < 1.29 is 14.7 Å². The van der Waals surface area contributed by atoms with Gasteiger partial charge in [0.1, 0.15) is 0 Å². The number of aromatic amines is 1. The summed E-state index contributed by atoms with van der Waals surface area (Å²) in [5.74, 6) is 1.44. The molecule has 7 rings (SSSR count). The summed E-state index contributed by atoms with van der Waals surface area (Å²) < 4.78 is 2.19. The Morgan fingerprint density at radius 3 is 2.62 bits per heavy atom. The maximum absolute atomic E-state index is 12.6. The second-order valence-electron chi connectivity index (χ2n) is 14.7. The number of aromatic nitrogens is 4. The number of H-pyrrole nitrogens is 1.